The van der Waals surface area contributed by atoms with Crippen molar-refractivity contribution in [3.05, 3.63) is 53.6 Å². The number of carbonyl (C=O) groups is 1. The molecule has 0 bridgehead atoms. The van der Waals surface area contributed by atoms with E-state index >= 15 is 0 Å². The summed E-state index contributed by atoms with van der Waals surface area (Å²) in [6.07, 6.45) is 0.593. The fourth-order valence-electron chi connectivity index (χ4n) is 1.75. The third-order valence-corrected chi connectivity index (χ3v) is 2.62. The van der Waals surface area contributed by atoms with E-state index in [4.69, 9.17) is 10.5 Å². The molecule has 2 aromatic carbocycles. The molecule has 0 fully saturated rings. The van der Waals surface area contributed by atoms with E-state index in [1.165, 1.54) is 18.2 Å². The third-order valence-electron chi connectivity index (χ3n) is 2.62. The molecule has 0 atom stereocenters. The minimum absolute atomic E-state index is 0.0644. The van der Waals surface area contributed by atoms with Gasteiger partial charge in [0.25, 0.3) is 0 Å². The summed E-state index contributed by atoms with van der Waals surface area (Å²) in [5, 5.41) is 0. The molecule has 2 rings (SSSR count). The molecule has 0 unspecified atom stereocenters. The average Bonchev–Trinajstić information content (AvgIpc) is 2.40. The highest BCUT2D eigenvalue weighted by atomic mass is 19.1. The number of hydrogen-bond donors (Lipinski definition) is 1. The zero-order valence-electron chi connectivity index (χ0n) is 9.90. The predicted octanol–water partition coefficient (Wildman–Crippen LogP) is 2.74. The molecular formula is C14H11F2NO2. The van der Waals surface area contributed by atoms with E-state index in [1.54, 1.807) is 6.07 Å². The van der Waals surface area contributed by atoms with Crippen LogP contribution in [-0.4, -0.2) is 13.0 Å². The number of hydrogen-bond acceptors (Lipinski definition) is 3. The second-order valence-corrected chi connectivity index (χ2v) is 3.81. The van der Waals surface area contributed by atoms with Gasteiger partial charge in [0.15, 0.2) is 6.29 Å². The molecule has 0 heterocycles. The van der Waals surface area contributed by atoms with E-state index in [-0.39, 0.29) is 17.9 Å². The van der Waals surface area contributed by atoms with Crippen molar-refractivity contribution in [1.29, 1.82) is 0 Å². The van der Waals surface area contributed by atoms with Crippen LogP contribution < -0.4 is 10.5 Å². The van der Waals surface area contributed by atoms with E-state index in [1.807, 2.05) is 0 Å². The van der Waals surface area contributed by atoms with E-state index in [9.17, 15) is 13.6 Å². The van der Waals surface area contributed by atoms with Crippen LogP contribution in [0.3, 0.4) is 0 Å². The third kappa shape index (κ3) is 2.77. The number of halogens is 2. The van der Waals surface area contributed by atoms with Gasteiger partial charge in [-0.05, 0) is 29.8 Å². The normalized spacial score (nSPS) is 10.3. The lowest BCUT2D eigenvalue weighted by Crippen LogP contribution is -2.08. The zero-order chi connectivity index (χ0) is 13.8. The van der Waals surface area contributed by atoms with E-state index in [2.05, 4.69) is 0 Å². The molecule has 98 valence electrons. The van der Waals surface area contributed by atoms with Gasteiger partial charge in [-0.3, -0.25) is 10.5 Å². The molecule has 0 saturated heterocycles. The number of benzene rings is 2. The second-order valence-electron chi connectivity index (χ2n) is 3.81. The molecule has 0 aromatic heterocycles. The van der Waals surface area contributed by atoms with Crippen LogP contribution in [0, 0.1) is 11.6 Å². The van der Waals surface area contributed by atoms with Gasteiger partial charge < -0.3 is 4.74 Å². The van der Waals surface area contributed by atoms with Gasteiger partial charge >= 0.3 is 0 Å². The van der Waals surface area contributed by atoms with Crippen LogP contribution in [0.15, 0.2) is 36.4 Å². The van der Waals surface area contributed by atoms with Gasteiger partial charge in [0, 0.05) is 11.6 Å². The first-order chi connectivity index (χ1) is 9.15. The highest BCUT2D eigenvalue weighted by Gasteiger charge is 2.10. The lowest BCUT2D eigenvalue weighted by Gasteiger charge is -2.09. The number of rotatable bonds is 4. The van der Waals surface area contributed by atoms with Gasteiger partial charge in [-0.15, -0.1) is 0 Å². The van der Waals surface area contributed by atoms with Gasteiger partial charge in [0.05, 0.1) is 5.56 Å². The maximum atomic E-state index is 13.6. The first kappa shape index (κ1) is 13.2. The minimum atomic E-state index is -0.690. The van der Waals surface area contributed by atoms with Crippen LogP contribution in [0.5, 0.6) is 5.75 Å². The minimum Gasteiger partial charge on any atom is -0.478 e. The van der Waals surface area contributed by atoms with Crippen molar-refractivity contribution in [3.63, 3.8) is 0 Å². The summed E-state index contributed by atoms with van der Waals surface area (Å²) in [4.78, 5) is 11.0. The SMILES string of the molecule is NCOc1ccc(-c2ccc(F)cc2F)cc1C=O. The van der Waals surface area contributed by atoms with Crippen LogP contribution in [-0.2, 0) is 0 Å². The zero-order valence-corrected chi connectivity index (χ0v) is 9.90. The summed E-state index contributed by atoms with van der Waals surface area (Å²) in [5.41, 5.74) is 6.16. The number of aldehydes is 1. The van der Waals surface area contributed by atoms with Gasteiger partial charge in [-0.2, -0.15) is 0 Å². The Morgan fingerprint density at radius 2 is 1.95 bits per heavy atom. The lowest BCUT2D eigenvalue weighted by atomic mass is 10.0. The second kappa shape index (κ2) is 5.58. The first-order valence-electron chi connectivity index (χ1n) is 5.53. The van der Waals surface area contributed by atoms with Crippen LogP contribution in [0.4, 0.5) is 8.78 Å². The quantitative estimate of drug-likeness (QED) is 0.681. The Bertz CT molecular complexity index is 614. The lowest BCUT2D eigenvalue weighted by molar-refractivity contribution is 0.111. The fourth-order valence-corrected chi connectivity index (χ4v) is 1.75. The van der Waals surface area contributed by atoms with Crippen molar-refractivity contribution < 1.29 is 18.3 Å². The summed E-state index contributed by atoms with van der Waals surface area (Å²) in [6.45, 7) is -0.0644. The van der Waals surface area contributed by atoms with Gasteiger partial charge in [0.1, 0.15) is 24.1 Å². The molecule has 0 aliphatic rings. The van der Waals surface area contributed by atoms with Gasteiger partial charge in [-0.25, -0.2) is 8.78 Å². The molecule has 0 radical (unpaired) electrons. The van der Waals surface area contributed by atoms with Crippen molar-refractivity contribution in [2.24, 2.45) is 5.73 Å². The van der Waals surface area contributed by atoms with Crippen molar-refractivity contribution in [2.45, 2.75) is 0 Å². The Kier molecular flexibility index (Phi) is 3.87. The van der Waals surface area contributed by atoms with Crippen molar-refractivity contribution in [2.75, 3.05) is 6.73 Å². The first-order valence-corrected chi connectivity index (χ1v) is 5.53. The van der Waals surface area contributed by atoms with E-state index in [0.29, 0.717) is 17.6 Å². The summed E-state index contributed by atoms with van der Waals surface area (Å²) in [7, 11) is 0. The molecule has 0 saturated carbocycles. The summed E-state index contributed by atoms with van der Waals surface area (Å²) in [6, 6.07) is 7.83. The molecule has 0 aliphatic carbocycles. The Morgan fingerprint density at radius 1 is 1.16 bits per heavy atom. The van der Waals surface area contributed by atoms with Crippen LogP contribution in [0.25, 0.3) is 11.1 Å². The Morgan fingerprint density at radius 3 is 2.58 bits per heavy atom. The Labute approximate surface area is 108 Å². The van der Waals surface area contributed by atoms with E-state index in [0.717, 1.165) is 12.1 Å². The Hall–Kier alpha value is -2.27. The van der Waals surface area contributed by atoms with Crippen molar-refractivity contribution in [3.8, 4) is 16.9 Å². The topological polar surface area (TPSA) is 52.3 Å². The maximum absolute atomic E-state index is 13.6. The number of carbonyl (C=O) groups excluding carboxylic acids is 1. The molecule has 0 spiro atoms. The molecule has 0 aliphatic heterocycles. The largest absolute Gasteiger partial charge is 0.478 e. The van der Waals surface area contributed by atoms with Crippen LogP contribution >= 0.6 is 0 Å². The summed E-state index contributed by atoms with van der Waals surface area (Å²) < 4.78 is 31.5. The molecule has 3 nitrogen and oxygen atoms in total. The van der Waals surface area contributed by atoms with Gasteiger partial charge in [0.2, 0.25) is 0 Å². The number of ether oxygens (including phenoxy) is 1. The molecular weight excluding hydrogens is 252 g/mol. The molecule has 5 heteroatoms. The standard InChI is InChI=1S/C14H11F2NO2/c15-11-2-3-12(13(16)6-11)9-1-4-14(19-8-17)10(5-9)7-18/h1-7H,8,17H2. The molecule has 19 heavy (non-hydrogen) atoms. The monoisotopic (exact) mass is 263 g/mol. The molecule has 2 aromatic rings. The number of nitrogens with two attached hydrogens (primary N) is 1. The fraction of sp³-hybridized carbons (Fsp3) is 0.0714. The Balaban J connectivity index is 2.48. The highest BCUT2D eigenvalue weighted by Crippen LogP contribution is 2.28. The molecule has 2 N–H and O–H groups in total. The van der Waals surface area contributed by atoms with Gasteiger partial charge in [-0.1, -0.05) is 6.07 Å². The smallest absolute Gasteiger partial charge is 0.153 e. The highest BCUT2D eigenvalue weighted by molar-refractivity contribution is 5.83. The average molecular weight is 263 g/mol. The van der Waals surface area contributed by atoms with Crippen LogP contribution in [0.1, 0.15) is 10.4 Å². The predicted molar refractivity (Wildman–Crippen MR) is 66.9 cm³/mol. The summed E-state index contributed by atoms with van der Waals surface area (Å²) >= 11 is 0. The van der Waals surface area contributed by atoms with E-state index < -0.39 is 11.6 Å². The molecule has 0 amide bonds. The van der Waals surface area contributed by atoms with Crippen molar-refractivity contribution in [1.82, 2.24) is 0 Å². The maximum Gasteiger partial charge on any atom is 0.153 e. The summed E-state index contributed by atoms with van der Waals surface area (Å²) in [5.74, 6) is -1.02. The van der Waals surface area contributed by atoms with Crippen LogP contribution in [0.2, 0.25) is 0 Å². The van der Waals surface area contributed by atoms with Crippen molar-refractivity contribution >= 4 is 6.29 Å².